The van der Waals surface area contributed by atoms with Crippen molar-refractivity contribution in [3.8, 4) is 0 Å². The molecule has 0 aliphatic rings. The summed E-state index contributed by atoms with van der Waals surface area (Å²) in [6, 6.07) is 11.1. The summed E-state index contributed by atoms with van der Waals surface area (Å²) in [6.45, 7) is 2.01. The van der Waals surface area contributed by atoms with Crippen LogP contribution in [-0.2, 0) is 6.42 Å². The highest BCUT2D eigenvalue weighted by Gasteiger charge is 2.14. The molecule has 0 radical (unpaired) electrons. The van der Waals surface area contributed by atoms with Gasteiger partial charge in [0.15, 0.2) is 0 Å². The summed E-state index contributed by atoms with van der Waals surface area (Å²) in [5.74, 6) is 0. The fourth-order valence-electron chi connectivity index (χ4n) is 1.92. The maximum atomic E-state index is 10.3. The third kappa shape index (κ3) is 3.73. The van der Waals surface area contributed by atoms with Crippen LogP contribution >= 0.6 is 39.1 Å². The Morgan fingerprint density at radius 3 is 2.58 bits per heavy atom. The van der Waals surface area contributed by atoms with Crippen LogP contribution in [-0.4, -0.2) is 5.11 Å². The predicted molar refractivity (Wildman–Crippen MR) is 84.0 cm³/mol. The van der Waals surface area contributed by atoms with Gasteiger partial charge < -0.3 is 5.11 Å². The number of benzene rings is 2. The minimum absolute atomic E-state index is 0.432. The van der Waals surface area contributed by atoms with Crippen LogP contribution in [0.1, 0.15) is 22.8 Å². The predicted octanol–water partition coefficient (Wildman–Crippen LogP) is 5.34. The second-order valence-electron chi connectivity index (χ2n) is 4.48. The molecular weight excluding hydrogens is 347 g/mol. The molecule has 0 saturated carbocycles. The number of halogens is 3. The third-order valence-corrected chi connectivity index (χ3v) is 4.23. The average Bonchev–Trinajstić information content (AvgIpc) is 2.33. The van der Waals surface area contributed by atoms with E-state index >= 15 is 0 Å². The van der Waals surface area contributed by atoms with Gasteiger partial charge in [-0.3, -0.25) is 0 Å². The Kier molecular flexibility index (Phi) is 4.91. The lowest BCUT2D eigenvalue weighted by atomic mass is 10.0. The van der Waals surface area contributed by atoms with Gasteiger partial charge in [-0.15, -0.1) is 0 Å². The molecule has 2 rings (SSSR count). The molecule has 0 aromatic heterocycles. The molecule has 100 valence electrons. The van der Waals surface area contributed by atoms with Crippen molar-refractivity contribution < 1.29 is 5.11 Å². The molecule has 1 nitrogen and oxygen atoms in total. The van der Waals surface area contributed by atoms with Gasteiger partial charge in [0.25, 0.3) is 0 Å². The normalized spacial score (nSPS) is 12.5. The van der Waals surface area contributed by atoms with Crippen molar-refractivity contribution in [1.82, 2.24) is 0 Å². The van der Waals surface area contributed by atoms with Crippen molar-refractivity contribution in [2.24, 2.45) is 0 Å². The van der Waals surface area contributed by atoms with Crippen LogP contribution in [0.2, 0.25) is 10.0 Å². The monoisotopic (exact) mass is 358 g/mol. The minimum Gasteiger partial charge on any atom is -0.388 e. The second kappa shape index (κ2) is 6.27. The molecule has 1 atom stereocenters. The van der Waals surface area contributed by atoms with Crippen molar-refractivity contribution in [2.75, 3.05) is 0 Å². The maximum absolute atomic E-state index is 10.3. The van der Waals surface area contributed by atoms with E-state index in [0.717, 1.165) is 21.2 Å². The van der Waals surface area contributed by atoms with E-state index in [0.29, 0.717) is 16.5 Å². The summed E-state index contributed by atoms with van der Waals surface area (Å²) >= 11 is 15.5. The first-order valence-corrected chi connectivity index (χ1v) is 7.40. The summed E-state index contributed by atoms with van der Waals surface area (Å²) in [5, 5.41) is 11.6. The molecule has 0 saturated heterocycles. The lowest BCUT2D eigenvalue weighted by Crippen LogP contribution is -2.03. The standard InChI is InChI=1S/C15H13BrCl2O/c1-9-2-4-12(13(16)6-9)15(19)8-10-7-11(17)3-5-14(10)18/h2-7,15,19H,8H2,1H3. The van der Waals surface area contributed by atoms with E-state index in [4.69, 9.17) is 23.2 Å². The quantitative estimate of drug-likeness (QED) is 0.784. The highest BCUT2D eigenvalue weighted by atomic mass is 79.9. The summed E-state index contributed by atoms with van der Waals surface area (Å²) < 4.78 is 0.901. The van der Waals surface area contributed by atoms with Gasteiger partial charge in [-0.25, -0.2) is 0 Å². The van der Waals surface area contributed by atoms with Crippen LogP contribution in [0, 0.1) is 6.92 Å². The summed E-state index contributed by atoms with van der Waals surface area (Å²) in [6.07, 6.45) is -0.188. The third-order valence-electron chi connectivity index (χ3n) is 2.94. The zero-order chi connectivity index (χ0) is 14.0. The van der Waals surface area contributed by atoms with Crippen LogP contribution in [0.25, 0.3) is 0 Å². The molecule has 0 aliphatic heterocycles. The fourth-order valence-corrected chi connectivity index (χ4v) is 3.07. The Morgan fingerprint density at radius 2 is 1.89 bits per heavy atom. The van der Waals surface area contributed by atoms with E-state index in [-0.39, 0.29) is 0 Å². The molecule has 1 unspecified atom stereocenters. The van der Waals surface area contributed by atoms with E-state index in [1.165, 1.54) is 0 Å². The van der Waals surface area contributed by atoms with Gasteiger partial charge in [0.05, 0.1) is 6.10 Å². The van der Waals surface area contributed by atoms with E-state index < -0.39 is 6.10 Å². The molecule has 2 aromatic rings. The first-order valence-electron chi connectivity index (χ1n) is 5.85. The minimum atomic E-state index is -0.619. The van der Waals surface area contributed by atoms with E-state index in [1.54, 1.807) is 18.2 Å². The Bertz CT molecular complexity index is 599. The van der Waals surface area contributed by atoms with Crippen molar-refractivity contribution >= 4 is 39.1 Å². The first kappa shape index (κ1) is 14.9. The topological polar surface area (TPSA) is 20.2 Å². The molecule has 1 N–H and O–H groups in total. The molecule has 0 bridgehead atoms. The molecule has 4 heteroatoms. The van der Waals surface area contributed by atoms with E-state index in [2.05, 4.69) is 15.9 Å². The molecule has 0 spiro atoms. The summed E-state index contributed by atoms with van der Waals surface area (Å²) in [7, 11) is 0. The largest absolute Gasteiger partial charge is 0.388 e. The van der Waals surface area contributed by atoms with Crippen molar-refractivity contribution in [3.63, 3.8) is 0 Å². The van der Waals surface area contributed by atoms with Crippen LogP contribution in [0.4, 0.5) is 0 Å². The highest BCUT2D eigenvalue weighted by Crippen LogP contribution is 2.30. The van der Waals surface area contributed by atoms with Gasteiger partial charge in [-0.05, 0) is 47.9 Å². The molecule has 19 heavy (non-hydrogen) atoms. The Labute approximate surface area is 131 Å². The van der Waals surface area contributed by atoms with Crippen molar-refractivity contribution in [1.29, 1.82) is 0 Å². The Hall–Kier alpha value is -0.540. The lowest BCUT2D eigenvalue weighted by Gasteiger charge is -2.14. The summed E-state index contributed by atoms with van der Waals surface area (Å²) in [5.41, 5.74) is 2.83. The second-order valence-corrected chi connectivity index (χ2v) is 6.18. The van der Waals surface area contributed by atoms with E-state index in [9.17, 15) is 5.11 Å². The number of hydrogen-bond donors (Lipinski definition) is 1. The van der Waals surface area contributed by atoms with Crippen LogP contribution in [0.3, 0.4) is 0 Å². The summed E-state index contributed by atoms with van der Waals surface area (Å²) in [4.78, 5) is 0. The van der Waals surface area contributed by atoms with Crippen molar-refractivity contribution in [2.45, 2.75) is 19.4 Å². The van der Waals surface area contributed by atoms with Crippen LogP contribution in [0.15, 0.2) is 40.9 Å². The van der Waals surface area contributed by atoms with Gasteiger partial charge in [0.2, 0.25) is 0 Å². The Balaban J connectivity index is 2.25. The number of aliphatic hydroxyl groups excluding tert-OH is 1. The first-order chi connectivity index (χ1) is 8.97. The number of rotatable bonds is 3. The molecule has 2 aromatic carbocycles. The number of aliphatic hydroxyl groups is 1. The van der Waals surface area contributed by atoms with Crippen LogP contribution < -0.4 is 0 Å². The molecule has 0 aliphatic carbocycles. The SMILES string of the molecule is Cc1ccc(C(O)Cc2cc(Cl)ccc2Cl)c(Br)c1. The van der Waals surface area contributed by atoms with E-state index in [1.807, 2.05) is 25.1 Å². The van der Waals surface area contributed by atoms with Gasteiger partial charge in [-0.2, -0.15) is 0 Å². The van der Waals surface area contributed by atoms with Crippen molar-refractivity contribution in [3.05, 3.63) is 67.6 Å². The number of aryl methyl sites for hydroxylation is 1. The average molecular weight is 360 g/mol. The molecule has 0 amide bonds. The van der Waals surface area contributed by atoms with Gasteiger partial charge >= 0.3 is 0 Å². The molecular formula is C15H13BrCl2O. The van der Waals surface area contributed by atoms with Gasteiger partial charge in [-0.1, -0.05) is 51.3 Å². The fraction of sp³-hybridized carbons (Fsp3) is 0.200. The number of hydrogen-bond acceptors (Lipinski definition) is 1. The highest BCUT2D eigenvalue weighted by molar-refractivity contribution is 9.10. The molecule has 0 heterocycles. The zero-order valence-electron chi connectivity index (χ0n) is 10.3. The lowest BCUT2D eigenvalue weighted by molar-refractivity contribution is 0.177. The van der Waals surface area contributed by atoms with Gasteiger partial charge in [0.1, 0.15) is 0 Å². The Morgan fingerprint density at radius 1 is 1.16 bits per heavy atom. The van der Waals surface area contributed by atoms with Crippen LogP contribution in [0.5, 0.6) is 0 Å². The smallest absolute Gasteiger partial charge is 0.0841 e. The maximum Gasteiger partial charge on any atom is 0.0841 e. The molecule has 0 fully saturated rings. The zero-order valence-corrected chi connectivity index (χ0v) is 13.4. The van der Waals surface area contributed by atoms with Gasteiger partial charge in [0, 0.05) is 20.9 Å².